The standard InChI is InChI=1S/C16H26N4OS/c1-2-10-20-15(13-6-8-17-9-7-13)18-19-16(20)22-12-14-5-3-4-11-21-14/h2,13-14,17H,1,3-12H2/t14-/m0/s1. The Balaban J connectivity index is 1.67. The molecule has 2 saturated heterocycles. The van der Waals surface area contributed by atoms with Crippen LogP contribution in [0.15, 0.2) is 17.8 Å². The molecule has 1 atom stereocenters. The number of thioether (sulfide) groups is 1. The summed E-state index contributed by atoms with van der Waals surface area (Å²) in [4.78, 5) is 0. The molecule has 0 radical (unpaired) electrons. The van der Waals surface area contributed by atoms with Gasteiger partial charge < -0.3 is 14.6 Å². The molecule has 2 fully saturated rings. The van der Waals surface area contributed by atoms with Gasteiger partial charge in [0.25, 0.3) is 0 Å². The van der Waals surface area contributed by atoms with Gasteiger partial charge in [-0.05, 0) is 45.2 Å². The summed E-state index contributed by atoms with van der Waals surface area (Å²) in [7, 11) is 0. The van der Waals surface area contributed by atoms with Gasteiger partial charge in [-0.15, -0.1) is 16.8 Å². The average molecular weight is 322 g/mol. The number of piperidine rings is 1. The van der Waals surface area contributed by atoms with E-state index in [-0.39, 0.29) is 0 Å². The van der Waals surface area contributed by atoms with E-state index in [1.807, 2.05) is 6.08 Å². The predicted octanol–water partition coefficient (Wildman–Crippen LogP) is 2.59. The van der Waals surface area contributed by atoms with Crippen molar-refractivity contribution >= 4 is 11.8 Å². The van der Waals surface area contributed by atoms with Crippen molar-refractivity contribution in [2.24, 2.45) is 0 Å². The second-order valence-electron chi connectivity index (χ2n) is 6.06. The van der Waals surface area contributed by atoms with Crippen molar-refractivity contribution in [3.8, 4) is 0 Å². The molecule has 2 aliphatic heterocycles. The second kappa shape index (κ2) is 8.13. The Morgan fingerprint density at radius 3 is 2.86 bits per heavy atom. The Morgan fingerprint density at radius 1 is 1.27 bits per heavy atom. The topological polar surface area (TPSA) is 52.0 Å². The van der Waals surface area contributed by atoms with Crippen LogP contribution in [0.3, 0.4) is 0 Å². The van der Waals surface area contributed by atoms with Gasteiger partial charge >= 0.3 is 0 Å². The summed E-state index contributed by atoms with van der Waals surface area (Å²) in [6, 6.07) is 0. The summed E-state index contributed by atoms with van der Waals surface area (Å²) in [5, 5.41) is 13.4. The number of aromatic nitrogens is 3. The van der Waals surface area contributed by atoms with E-state index in [1.54, 1.807) is 11.8 Å². The Bertz CT molecular complexity index is 478. The molecule has 3 heterocycles. The SMILES string of the molecule is C=CCn1c(SC[C@@H]2CCCCO2)nnc1C1CCNCC1. The second-order valence-corrected chi connectivity index (χ2v) is 7.05. The molecule has 22 heavy (non-hydrogen) atoms. The summed E-state index contributed by atoms with van der Waals surface area (Å²) in [6.07, 6.45) is 8.25. The average Bonchev–Trinajstić information content (AvgIpc) is 2.98. The molecule has 1 aromatic heterocycles. The molecular formula is C16H26N4OS. The molecular weight excluding hydrogens is 296 g/mol. The molecule has 0 spiro atoms. The lowest BCUT2D eigenvalue weighted by molar-refractivity contribution is 0.0315. The zero-order valence-corrected chi connectivity index (χ0v) is 14.0. The molecule has 0 aromatic carbocycles. The van der Waals surface area contributed by atoms with Gasteiger partial charge in [-0.1, -0.05) is 17.8 Å². The number of hydrogen-bond donors (Lipinski definition) is 1. The molecule has 0 amide bonds. The van der Waals surface area contributed by atoms with Gasteiger partial charge in [0.2, 0.25) is 0 Å². The van der Waals surface area contributed by atoms with E-state index < -0.39 is 0 Å². The Morgan fingerprint density at radius 2 is 2.14 bits per heavy atom. The highest BCUT2D eigenvalue weighted by molar-refractivity contribution is 7.99. The van der Waals surface area contributed by atoms with Gasteiger partial charge in [-0.2, -0.15) is 0 Å². The minimum Gasteiger partial charge on any atom is -0.377 e. The van der Waals surface area contributed by atoms with E-state index in [9.17, 15) is 0 Å². The van der Waals surface area contributed by atoms with E-state index in [1.165, 1.54) is 19.3 Å². The van der Waals surface area contributed by atoms with Gasteiger partial charge in [0, 0.05) is 24.8 Å². The van der Waals surface area contributed by atoms with Crippen LogP contribution < -0.4 is 5.32 Å². The quantitative estimate of drug-likeness (QED) is 0.644. The first-order chi connectivity index (χ1) is 10.9. The lowest BCUT2D eigenvalue weighted by atomic mass is 9.97. The summed E-state index contributed by atoms with van der Waals surface area (Å²) >= 11 is 1.78. The Hall–Kier alpha value is -0.850. The van der Waals surface area contributed by atoms with Crippen LogP contribution in [0, 0.1) is 0 Å². The Kier molecular flexibility index (Phi) is 5.92. The Labute approximate surface area is 136 Å². The van der Waals surface area contributed by atoms with Crippen molar-refractivity contribution in [3.63, 3.8) is 0 Å². The summed E-state index contributed by atoms with van der Waals surface area (Å²) in [5.41, 5.74) is 0. The van der Waals surface area contributed by atoms with Gasteiger partial charge in [-0.25, -0.2) is 0 Å². The maximum Gasteiger partial charge on any atom is 0.191 e. The van der Waals surface area contributed by atoms with Crippen molar-refractivity contribution in [2.75, 3.05) is 25.4 Å². The highest BCUT2D eigenvalue weighted by Gasteiger charge is 2.23. The number of nitrogens with one attached hydrogen (secondary N) is 1. The zero-order valence-electron chi connectivity index (χ0n) is 13.2. The van der Waals surface area contributed by atoms with Crippen LogP contribution in [0.5, 0.6) is 0 Å². The molecule has 5 nitrogen and oxygen atoms in total. The molecule has 0 aliphatic carbocycles. The predicted molar refractivity (Wildman–Crippen MR) is 89.4 cm³/mol. The number of hydrogen-bond acceptors (Lipinski definition) is 5. The van der Waals surface area contributed by atoms with Crippen LogP contribution in [0.2, 0.25) is 0 Å². The van der Waals surface area contributed by atoms with Crippen molar-refractivity contribution < 1.29 is 4.74 Å². The number of ether oxygens (including phenoxy) is 1. The van der Waals surface area contributed by atoms with Crippen LogP contribution in [-0.4, -0.2) is 46.3 Å². The van der Waals surface area contributed by atoms with Crippen LogP contribution >= 0.6 is 11.8 Å². The smallest absolute Gasteiger partial charge is 0.191 e. The molecule has 3 rings (SSSR count). The van der Waals surface area contributed by atoms with Crippen molar-refractivity contribution in [2.45, 2.75) is 55.8 Å². The van der Waals surface area contributed by atoms with E-state index in [0.29, 0.717) is 12.0 Å². The lowest BCUT2D eigenvalue weighted by Gasteiger charge is -2.23. The van der Waals surface area contributed by atoms with Gasteiger partial charge in [0.1, 0.15) is 5.82 Å². The van der Waals surface area contributed by atoms with Gasteiger partial charge in [-0.3, -0.25) is 0 Å². The normalized spacial score (nSPS) is 23.5. The lowest BCUT2D eigenvalue weighted by Crippen LogP contribution is -2.28. The van der Waals surface area contributed by atoms with Gasteiger partial charge in [0.15, 0.2) is 5.16 Å². The highest BCUT2D eigenvalue weighted by Crippen LogP contribution is 2.28. The van der Waals surface area contributed by atoms with Crippen molar-refractivity contribution in [1.82, 2.24) is 20.1 Å². The summed E-state index contributed by atoms with van der Waals surface area (Å²) < 4.78 is 8.06. The van der Waals surface area contributed by atoms with Crippen molar-refractivity contribution in [1.29, 1.82) is 0 Å². The third kappa shape index (κ3) is 3.91. The third-order valence-corrected chi connectivity index (χ3v) is 5.53. The van der Waals surface area contributed by atoms with Crippen molar-refractivity contribution in [3.05, 3.63) is 18.5 Å². The number of rotatable bonds is 6. The fraction of sp³-hybridized carbons (Fsp3) is 0.750. The van der Waals surface area contributed by atoms with E-state index >= 15 is 0 Å². The van der Waals surface area contributed by atoms with Crippen LogP contribution in [0.25, 0.3) is 0 Å². The summed E-state index contributed by atoms with van der Waals surface area (Å²) in [5.74, 6) is 2.63. The molecule has 0 bridgehead atoms. The fourth-order valence-corrected chi connectivity index (χ4v) is 4.22. The number of allylic oxidation sites excluding steroid dienone is 1. The molecule has 0 saturated carbocycles. The monoisotopic (exact) mass is 322 g/mol. The zero-order chi connectivity index (χ0) is 15.2. The van der Waals surface area contributed by atoms with Crippen LogP contribution in [-0.2, 0) is 11.3 Å². The molecule has 0 unspecified atom stereocenters. The third-order valence-electron chi connectivity index (χ3n) is 4.43. The maximum absolute atomic E-state index is 5.82. The highest BCUT2D eigenvalue weighted by atomic mass is 32.2. The first kappa shape index (κ1) is 16.0. The van der Waals surface area contributed by atoms with E-state index in [2.05, 4.69) is 26.7 Å². The van der Waals surface area contributed by atoms with Crippen LogP contribution in [0.1, 0.15) is 43.8 Å². The van der Waals surface area contributed by atoms with E-state index in [0.717, 1.165) is 55.8 Å². The van der Waals surface area contributed by atoms with Gasteiger partial charge in [0.05, 0.1) is 6.10 Å². The van der Waals surface area contributed by atoms with E-state index in [4.69, 9.17) is 4.74 Å². The first-order valence-corrected chi connectivity index (χ1v) is 9.36. The molecule has 1 aromatic rings. The number of nitrogens with zero attached hydrogens (tertiary/aromatic N) is 3. The molecule has 6 heteroatoms. The maximum atomic E-state index is 5.82. The first-order valence-electron chi connectivity index (χ1n) is 8.37. The van der Waals surface area contributed by atoms with Crippen LogP contribution in [0.4, 0.5) is 0 Å². The molecule has 2 aliphatic rings. The molecule has 1 N–H and O–H groups in total. The largest absolute Gasteiger partial charge is 0.377 e. The minimum absolute atomic E-state index is 0.370. The summed E-state index contributed by atoms with van der Waals surface area (Å²) in [6.45, 7) is 7.74. The minimum atomic E-state index is 0.370. The molecule has 122 valence electrons. The fourth-order valence-electron chi connectivity index (χ4n) is 3.20.